The first-order chi connectivity index (χ1) is 17.6. The van der Waals surface area contributed by atoms with Crippen LogP contribution in [0.3, 0.4) is 0 Å². The summed E-state index contributed by atoms with van der Waals surface area (Å²) in [5.74, 6) is 1.80. The van der Waals surface area contributed by atoms with E-state index in [1.807, 2.05) is 84.9 Å². The summed E-state index contributed by atoms with van der Waals surface area (Å²) in [7, 11) is 3.25. The number of aromatic nitrogens is 2. The normalized spacial score (nSPS) is 10.8. The van der Waals surface area contributed by atoms with Gasteiger partial charge < -0.3 is 19.1 Å². The van der Waals surface area contributed by atoms with Gasteiger partial charge in [0.2, 0.25) is 5.88 Å². The van der Waals surface area contributed by atoms with Crippen LogP contribution >= 0.6 is 0 Å². The second kappa shape index (κ2) is 12.0. The molecule has 0 aliphatic carbocycles. The molecule has 0 fully saturated rings. The molecular formula is C29H31N3O4. The number of methoxy groups -OCH3 is 2. The molecule has 0 atom stereocenters. The fourth-order valence-corrected chi connectivity index (χ4v) is 3.95. The third kappa shape index (κ3) is 5.75. The van der Waals surface area contributed by atoms with E-state index in [1.54, 1.807) is 23.8 Å². The van der Waals surface area contributed by atoms with Crippen molar-refractivity contribution in [3.05, 3.63) is 102 Å². The van der Waals surface area contributed by atoms with Crippen molar-refractivity contribution in [3.8, 4) is 23.1 Å². The highest BCUT2D eigenvalue weighted by molar-refractivity contribution is 5.94. The van der Waals surface area contributed by atoms with Gasteiger partial charge in [-0.25, -0.2) is 4.68 Å². The SMILES string of the molecule is CCc1nn(-c2ccccc2)c(Oc2cccc(OC)c2)c1CN(CCOC)C(=O)c1ccccc1. The van der Waals surface area contributed by atoms with Gasteiger partial charge in [-0.05, 0) is 42.8 Å². The zero-order valence-corrected chi connectivity index (χ0v) is 20.9. The van der Waals surface area contributed by atoms with Gasteiger partial charge in [0.1, 0.15) is 11.5 Å². The van der Waals surface area contributed by atoms with Gasteiger partial charge in [0.25, 0.3) is 5.91 Å². The zero-order chi connectivity index (χ0) is 25.3. The van der Waals surface area contributed by atoms with Crippen LogP contribution in [0.1, 0.15) is 28.5 Å². The Kier molecular flexibility index (Phi) is 8.36. The van der Waals surface area contributed by atoms with Crippen LogP contribution in [-0.4, -0.2) is 48.0 Å². The van der Waals surface area contributed by atoms with Crippen LogP contribution in [-0.2, 0) is 17.7 Å². The van der Waals surface area contributed by atoms with Crippen molar-refractivity contribution in [2.45, 2.75) is 19.9 Å². The summed E-state index contributed by atoms with van der Waals surface area (Å²) in [6, 6.07) is 26.6. The second-order valence-corrected chi connectivity index (χ2v) is 8.20. The summed E-state index contributed by atoms with van der Waals surface area (Å²) in [5.41, 5.74) is 3.20. The molecule has 0 unspecified atom stereocenters. The molecule has 0 spiro atoms. The Bertz CT molecular complexity index is 1270. The summed E-state index contributed by atoms with van der Waals surface area (Å²) < 4.78 is 19.0. The van der Waals surface area contributed by atoms with E-state index in [1.165, 1.54) is 0 Å². The predicted molar refractivity (Wildman–Crippen MR) is 139 cm³/mol. The molecule has 0 aliphatic heterocycles. The van der Waals surface area contributed by atoms with Crippen molar-refractivity contribution >= 4 is 5.91 Å². The van der Waals surface area contributed by atoms with Gasteiger partial charge in [-0.3, -0.25) is 4.79 Å². The van der Waals surface area contributed by atoms with E-state index in [9.17, 15) is 4.79 Å². The molecule has 0 bridgehead atoms. The van der Waals surface area contributed by atoms with Gasteiger partial charge in [0.15, 0.2) is 0 Å². The van der Waals surface area contributed by atoms with Gasteiger partial charge >= 0.3 is 0 Å². The molecule has 3 aromatic carbocycles. The minimum atomic E-state index is -0.0745. The number of hydrogen-bond acceptors (Lipinski definition) is 5. The average Bonchev–Trinajstić information content (AvgIpc) is 3.28. The van der Waals surface area contributed by atoms with Crippen LogP contribution in [0.15, 0.2) is 84.9 Å². The Hall–Kier alpha value is -4.10. The molecule has 0 saturated heterocycles. The maximum Gasteiger partial charge on any atom is 0.254 e. The fourth-order valence-electron chi connectivity index (χ4n) is 3.95. The molecule has 7 heteroatoms. The summed E-state index contributed by atoms with van der Waals surface area (Å²) in [6.07, 6.45) is 0.682. The molecule has 0 saturated carbocycles. The van der Waals surface area contributed by atoms with Crippen LogP contribution in [0.4, 0.5) is 0 Å². The maximum atomic E-state index is 13.5. The molecule has 4 aromatic rings. The minimum Gasteiger partial charge on any atom is -0.497 e. The third-order valence-corrected chi connectivity index (χ3v) is 5.83. The lowest BCUT2D eigenvalue weighted by molar-refractivity contribution is 0.0679. The quantitative estimate of drug-likeness (QED) is 0.280. The lowest BCUT2D eigenvalue weighted by atomic mass is 10.1. The van der Waals surface area contributed by atoms with E-state index < -0.39 is 0 Å². The van der Waals surface area contributed by atoms with Crippen LogP contribution in [0.25, 0.3) is 5.69 Å². The first-order valence-electron chi connectivity index (χ1n) is 12.0. The van der Waals surface area contributed by atoms with Crippen molar-refractivity contribution in [2.24, 2.45) is 0 Å². The standard InChI is InChI=1S/C29H31N3O4/c1-4-27-26(21-31(18-19-34-2)28(33)22-12-7-5-8-13-22)29(32(30-27)23-14-9-6-10-15-23)36-25-17-11-16-24(20-25)35-3/h5-17,20H,4,18-19,21H2,1-3H3. The monoisotopic (exact) mass is 485 g/mol. The highest BCUT2D eigenvalue weighted by Gasteiger charge is 2.25. The average molecular weight is 486 g/mol. The highest BCUT2D eigenvalue weighted by atomic mass is 16.5. The third-order valence-electron chi connectivity index (χ3n) is 5.83. The molecule has 186 valence electrons. The van der Waals surface area contributed by atoms with Crippen molar-refractivity contribution in [2.75, 3.05) is 27.4 Å². The van der Waals surface area contributed by atoms with E-state index in [4.69, 9.17) is 19.3 Å². The molecule has 1 amide bonds. The number of para-hydroxylation sites is 1. The Morgan fingerprint density at radius 1 is 0.917 bits per heavy atom. The van der Waals surface area contributed by atoms with E-state index in [0.717, 1.165) is 16.9 Å². The largest absolute Gasteiger partial charge is 0.497 e. The predicted octanol–water partition coefficient (Wildman–Crippen LogP) is 5.52. The smallest absolute Gasteiger partial charge is 0.254 e. The van der Waals surface area contributed by atoms with Crippen molar-refractivity contribution in [1.29, 1.82) is 0 Å². The molecule has 7 nitrogen and oxygen atoms in total. The van der Waals surface area contributed by atoms with E-state index >= 15 is 0 Å². The Morgan fingerprint density at radius 2 is 1.61 bits per heavy atom. The van der Waals surface area contributed by atoms with E-state index in [0.29, 0.717) is 49.1 Å². The Labute approximate surface area is 211 Å². The molecule has 4 rings (SSSR count). The number of amides is 1. The second-order valence-electron chi connectivity index (χ2n) is 8.20. The lowest BCUT2D eigenvalue weighted by Gasteiger charge is -2.23. The highest BCUT2D eigenvalue weighted by Crippen LogP contribution is 2.33. The molecule has 1 aromatic heterocycles. The first-order valence-corrected chi connectivity index (χ1v) is 12.0. The molecule has 0 N–H and O–H groups in total. The lowest BCUT2D eigenvalue weighted by Crippen LogP contribution is -2.33. The number of benzene rings is 3. The first kappa shape index (κ1) is 25.0. The summed E-state index contributed by atoms with van der Waals surface area (Å²) in [5, 5.41) is 4.89. The van der Waals surface area contributed by atoms with Crippen molar-refractivity contribution < 1.29 is 19.0 Å². The number of carbonyl (C=O) groups excluding carboxylic acids is 1. The van der Waals surface area contributed by atoms with Gasteiger partial charge in [-0.15, -0.1) is 0 Å². The van der Waals surface area contributed by atoms with Gasteiger partial charge in [0, 0.05) is 25.3 Å². The van der Waals surface area contributed by atoms with Gasteiger partial charge in [-0.1, -0.05) is 49.4 Å². The fraction of sp³-hybridized carbons (Fsp3) is 0.241. The number of carbonyl (C=O) groups is 1. The molecule has 0 aliphatic rings. The summed E-state index contributed by atoms with van der Waals surface area (Å²) in [6.45, 7) is 3.23. The number of hydrogen-bond donors (Lipinski definition) is 0. The van der Waals surface area contributed by atoms with E-state index in [-0.39, 0.29) is 5.91 Å². The zero-order valence-electron chi connectivity index (χ0n) is 20.9. The van der Waals surface area contributed by atoms with Gasteiger partial charge in [-0.2, -0.15) is 5.10 Å². The van der Waals surface area contributed by atoms with E-state index in [2.05, 4.69) is 6.92 Å². The van der Waals surface area contributed by atoms with Crippen LogP contribution in [0, 0.1) is 0 Å². The summed E-state index contributed by atoms with van der Waals surface area (Å²) in [4.78, 5) is 15.3. The number of nitrogens with zero attached hydrogens (tertiary/aromatic N) is 3. The van der Waals surface area contributed by atoms with Crippen LogP contribution in [0.5, 0.6) is 17.4 Å². The van der Waals surface area contributed by atoms with Gasteiger partial charge in [0.05, 0.1) is 37.2 Å². The van der Waals surface area contributed by atoms with Crippen LogP contribution < -0.4 is 9.47 Å². The molecular weight excluding hydrogens is 454 g/mol. The summed E-state index contributed by atoms with van der Waals surface area (Å²) >= 11 is 0. The number of aryl methyl sites for hydroxylation is 1. The topological polar surface area (TPSA) is 65.8 Å². The molecule has 1 heterocycles. The Morgan fingerprint density at radius 3 is 2.28 bits per heavy atom. The van der Waals surface area contributed by atoms with Crippen molar-refractivity contribution in [3.63, 3.8) is 0 Å². The Balaban J connectivity index is 1.79. The molecule has 0 radical (unpaired) electrons. The minimum absolute atomic E-state index is 0.0745. The maximum absolute atomic E-state index is 13.5. The number of rotatable bonds is 11. The number of ether oxygens (including phenoxy) is 3. The molecule has 36 heavy (non-hydrogen) atoms. The van der Waals surface area contributed by atoms with Crippen molar-refractivity contribution in [1.82, 2.24) is 14.7 Å². The van der Waals surface area contributed by atoms with Crippen LogP contribution in [0.2, 0.25) is 0 Å².